The molecular formula is C24H29BrN2O3. The number of rotatable bonds is 6. The fourth-order valence-electron chi connectivity index (χ4n) is 4.18. The topological polar surface area (TPSA) is 50.8 Å². The van der Waals surface area contributed by atoms with Gasteiger partial charge in [0.25, 0.3) is 5.91 Å². The van der Waals surface area contributed by atoms with Gasteiger partial charge in [0.1, 0.15) is 11.5 Å². The number of hydrogen-bond donors (Lipinski definition) is 1. The van der Waals surface area contributed by atoms with Crippen LogP contribution in [-0.4, -0.2) is 42.6 Å². The second-order valence-corrected chi connectivity index (χ2v) is 9.31. The van der Waals surface area contributed by atoms with Gasteiger partial charge in [-0.2, -0.15) is 0 Å². The molecule has 2 aliphatic rings. The lowest BCUT2D eigenvalue weighted by Gasteiger charge is -2.35. The van der Waals surface area contributed by atoms with Crippen LogP contribution in [0.4, 0.5) is 5.69 Å². The lowest BCUT2D eigenvalue weighted by Crippen LogP contribution is -2.47. The van der Waals surface area contributed by atoms with Gasteiger partial charge in [-0.05, 0) is 88.0 Å². The van der Waals surface area contributed by atoms with Crippen LogP contribution in [0.15, 0.2) is 46.9 Å². The van der Waals surface area contributed by atoms with Gasteiger partial charge in [0, 0.05) is 11.0 Å². The van der Waals surface area contributed by atoms with Crippen LogP contribution < -0.4 is 14.8 Å². The summed E-state index contributed by atoms with van der Waals surface area (Å²) in [6.45, 7) is 6.70. The summed E-state index contributed by atoms with van der Waals surface area (Å²) in [5.74, 6) is 2.27. The third-order valence-electron chi connectivity index (χ3n) is 5.74. The Hall–Kier alpha value is -2.05. The number of hydrogen-bond acceptors (Lipinski definition) is 4. The molecular weight excluding hydrogens is 444 g/mol. The number of carbonyl (C=O) groups is 1. The summed E-state index contributed by atoms with van der Waals surface area (Å²) in [6.07, 6.45) is 3.00. The first kappa shape index (κ1) is 21.2. The Morgan fingerprint density at radius 3 is 2.73 bits per heavy atom. The molecule has 4 rings (SSSR count). The molecule has 2 aromatic carbocycles. The molecule has 2 aromatic rings. The zero-order valence-electron chi connectivity index (χ0n) is 17.6. The molecule has 6 heteroatoms. The van der Waals surface area contributed by atoms with Crippen molar-refractivity contribution in [3.63, 3.8) is 0 Å². The van der Waals surface area contributed by atoms with E-state index in [2.05, 4.69) is 38.3 Å². The molecule has 0 radical (unpaired) electrons. The summed E-state index contributed by atoms with van der Waals surface area (Å²) in [4.78, 5) is 14.8. The number of benzene rings is 2. The summed E-state index contributed by atoms with van der Waals surface area (Å²) in [6, 6.07) is 13.9. The molecule has 0 bridgehead atoms. The van der Waals surface area contributed by atoms with Crippen molar-refractivity contribution >= 4 is 27.5 Å². The highest BCUT2D eigenvalue weighted by molar-refractivity contribution is 9.10. The van der Waals surface area contributed by atoms with Gasteiger partial charge in [-0.15, -0.1) is 0 Å². The molecule has 1 N–H and O–H groups in total. The minimum atomic E-state index is -0.449. The van der Waals surface area contributed by atoms with Gasteiger partial charge in [-0.25, -0.2) is 0 Å². The Morgan fingerprint density at radius 1 is 1.20 bits per heavy atom. The van der Waals surface area contributed by atoms with Crippen molar-refractivity contribution in [2.45, 2.75) is 45.3 Å². The maximum Gasteiger partial charge on any atom is 0.266 e. The van der Waals surface area contributed by atoms with Crippen LogP contribution >= 0.6 is 15.9 Å². The maximum absolute atomic E-state index is 12.4. The molecule has 160 valence electrons. The predicted molar refractivity (Wildman–Crippen MR) is 122 cm³/mol. The molecule has 1 atom stereocenters. The number of ether oxygens (including phenoxy) is 2. The summed E-state index contributed by atoms with van der Waals surface area (Å²) in [5.41, 5.74) is 2.06. The average Bonchev–Trinajstić information content (AvgIpc) is 2.72. The number of likely N-dealkylation sites (tertiary alicyclic amines) is 1. The molecule has 0 spiro atoms. The first-order valence-corrected chi connectivity index (χ1v) is 11.5. The standard InChI is InChI=1S/C24H29BrN2O3/c1-16(2)29-19-7-8-20(25)18(14-19)13-17-9-11-27(12-10-17)15-23-24(28)26-21-5-3-4-6-22(21)30-23/h3-8,14,16-17,23H,9-13,15H2,1-2H3,(H,26,28). The van der Waals surface area contributed by atoms with Crippen molar-refractivity contribution in [3.05, 3.63) is 52.5 Å². The van der Waals surface area contributed by atoms with Gasteiger partial charge in [-0.1, -0.05) is 28.1 Å². The highest BCUT2D eigenvalue weighted by Gasteiger charge is 2.30. The van der Waals surface area contributed by atoms with E-state index in [-0.39, 0.29) is 12.0 Å². The average molecular weight is 473 g/mol. The number of amides is 1. The van der Waals surface area contributed by atoms with Gasteiger partial charge >= 0.3 is 0 Å². The van der Waals surface area contributed by atoms with Crippen molar-refractivity contribution in [2.24, 2.45) is 5.92 Å². The third-order valence-corrected chi connectivity index (χ3v) is 6.51. The molecule has 2 aliphatic heterocycles. The number of nitrogens with one attached hydrogen (secondary N) is 1. The van der Waals surface area contributed by atoms with Crippen molar-refractivity contribution in [1.82, 2.24) is 4.90 Å². The number of anilines is 1. The number of halogens is 1. The molecule has 0 aliphatic carbocycles. The first-order chi connectivity index (χ1) is 14.5. The predicted octanol–water partition coefficient (Wildman–Crippen LogP) is 4.89. The Morgan fingerprint density at radius 2 is 1.97 bits per heavy atom. The van der Waals surface area contributed by atoms with Gasteiger partial charge in [0.2, 0.25) is 0 Å². The number of carbonyl (C=O) groups excluding carboxylic acids is 1. The SMILES string of the molecule is CC(C)Oc1ccc(Br)c(CC2CCN(CC3Oc4ccccc4NC3=O)CC2)c1. The molecule has 1 saturated heterocycles. The molecule has 0 saturated carbocycles. The number of nitrogens with zero attached hydrogens (tertiary/aromatic N) is 1. The summed E-state index contributed by atoms with van der Waals surface area (Å²) in [7, 11) is 0. The summed E-state index contributed by atoms with van der Waals surface area (Å²) < 4.78 is 13.0. The van der Waals surface area contributed by atoms with Crippen LogP contribution in [-0.2, 0) is 11.2 Å². The van der Waals surface area contributed by atoms with Gasteiger partial charge in [-0.3, -0.25) is 9.69 Å². The number of fused-ring (bicyclic) bond motifs is 1. The van der Waals surface area contributed by atoms with Crippen LogP contribution in [0, 0.1) is 5.92 Å². The molecule has 1 amide bonds. The summed E-state index contributed by atoms with van der Waals surface area (Å²) >= 11 is 3.69. The van der Waals surface area contributed by atoms with Crippen LogP contribution in [0.2, 0.25) is 0 Å². The minimum absolute atomic E-state index is 0.0540. The lowest BCUT2D eigenvalue weighted by atomic mass is 9.90. The van der Waals surface area contributed by atoms with E-state index in [9.17, 15) is 4.79 Å². The van der Waals surface area contributed by atoms with Crippen molar-refractivity contribution in [3.8, 4) is 11.5 Å². The second kappa shape index (κ2) is 9.40. The largest absolute Gasteiger partial charge is 0.491 e. The lowest BCUT2D eigenvalue weighted by molar-refractivity contribution is -0.124. The smallest absolute Gasteiger partial charge is 0.266 e. The Balaban J connectivity index is 1.30. The van der Waals surface area contributed by atoms with Crippen LogP contribution in [0.3, 0.4) is 0 Å². The van der Waals surface area contributed by atoms with Gasteiger partial charge < -0.3 is 14.8 Å². The van der Waals surface area contributed by atoms with Gasteiger partial charge in [0.15, 0.2) is 6.10 Å². The van der Waals surface area contributed by atoms with E-state index in [1.165, 1.54) is 5.56 Å². The summed E-state index contributed by atoms with van der Waals surface area (Å²) in [5, 5.41) is 2.96. The number of piperidine rings is 1. The van der Waals surface area contributed by atoms with E-state index in [1.807, 2.05) is 44.2 Å². The van der Waals surface area contributed by atoms with Crippen LogP contribution in [0.25, 0.3) is 0 Å². The molecule has 30 heavy (non-hydrogen) atoms. The molecule has 1 fully saturated rings. The molecule has 5 nitrogen and oxygen atoms in total. The van der Waals surface area contributed by atoms with E-state index in [0.717, 1.165) is 54.0 Å². The second-order valence-electron chi connectivity index (χ2n) is 8.46. The van der Waals surface area contributed by atoms with E-state index in [1.54, 1.807) is 0 Å². The monoisotopic (exact) mass is 472 g/mol. The Kier molecular flexibility index (Phi) is 6.64. The molecule has 0 aromatic heterocycles. The van der Waals surface area contributed by atoms with Crippen molar-refractivity contribution in [2.75, 3.05) is 25.0 Å². The fraction of sp³-hybridized carbons (Fsp3) is 0.458. The van der Waals surface area contributed by atoms with E-state index in [0.29, 0.717) is 12.5 Å². The van der Waals surface area contributed by atoms with Crippen molar-refractivity contribution < 1.29 is 14.3 Å². The first-order valence-electron chi connectivity index (χ1n) is 10.7. The minimum Gasteiger partial charge on any atom is -0.491 e. The maximum atomic E-state index is 12.4. The fourth-order valence-corrected chi connectivity index (χ4v) is 4.59. The molecule has 2 heterocycles. The zero-order valence-corrected chi connectivity index (χ0v) is 19.2. The Labute approximate surface area is 186 Å². The zero-order chi connectivity index (χ0) is 21.1. The van der Waals surface area contributed by atoms with Crippen LogP contribution in [0.1, 0.15) is 32.3 Å². The normalized spacial score (nSPS) is 19.9. The quantitative estimate of drug-likeness (QED) is 0.649. The van der Waals surface area contributed by atoms with E-state index >= 15 is 0 Å². The number of para-hydroxylation sites is 2. The molecule has 1 unspecified atom stereocenters. The van der Waals surface area contributed by atoms with Gasteiger partial charge in [0.05, 0.1) is 11.8 Å². The Bertz CT molecular complexity index is 894. The van der Waals surface area contributed by atoms with E-state index in [4.69, 9.17) is 9.47 Å². The third kappa shape index (κ3) is 5.16. The van der Waals surface area contributed by atoms with Crippen molar-refractivity contribution in [1.29, 1.82) is 0 Å². The van der Waals surface area contributed by atoms with Crippen LogP contribution in [0.5, 0.6) is 11.5 Å². The highest BCUT2D eigenvalue weighted by Crippen LogP contribution is 2.31. The van der Waals surface area contributed by atoms with E-state index < -0.39 is 6.10 Å². The highest BCUT2D eigenvalue weighted by atomic mass is 79.9.